The maximum absolute atomic E-state index is 11.6. The van der Waals surface area contributed by atoms with E-state index in [-0.39, 0.29) is 23.1 Å². The highest BCUT2D eigenvalue weighted by molar-refractivity contribution is 7.91. The second-order valence-corrected chi connectivity index (χ2v) is 9.53. The Balaban J connectivity index is 1.94. The van der Waals surface area contributed by atoms with Gasteiger partial charge < -0.3 is 10.6 Å². The predicted molar refractivity (Wildman–Crippen MR) is 95.7 cm³/mol. The van der Waals surface area contributed by atoms with Crippen molar-refractivity contribution in [3.8, 4) is 0 Å². The number of hydrogen-bond donors (Lipinski definition) is 2. The zero-order valence-electron chi connectivity index (χ0n) is 14.8. The molecule has 0 aromatic heterocycles. The Kier molecular flexibility index (Phi) is 6.31. The van der Waals surface area contributed by atoms with Crippen molar-refractivity contribution in [2.24, 2.45) is 4.99 Å². The summed E-state index contributed by atoms with van der Waals surface area (Å²) in [7, 11) is -2.87. The lowest BCUT2D eigenvalue weighted by Crippen LogP contribution is -2.50. The van der Waals surface area contributed by atoms with Gasteiger partial charge in [0.1, 0.15) is 0 Å². The van der Waals surface area contributed by atoms with Crippen LogP contribution in [0.4, 0.5) is 0 Å². The highest BCUT2D eigenvalue weighted by Gasteiger charge is 2.30. The molecule has 2 fully saturated rings. The molecule has 23 heavy (non-hydrogen) atoms. The molecule has 0 amide bonds. The van der Waals surface area contributed by atoms with Crippen molar-refractivity contribution in [2.75, 3.05) is 37.7 Å². The third-order valence-corrected chi connectivity index (χ3v) is 6.52. The summed E-state index contributed by atoms with van der Waals surface area (Å²) < 4.78 is 23.2. The zero-order valence-corrected chi connectivity index (χ0v) is 15.6. The Morgan fingerprint density at radius 1 is 1.26 bits per heavy atom. The lowest BCUT2D eigenvalue weighted by Gasteiger charge is -2.40. The second-order valence-electron chi connectivity index (χ2n) is 7.30. The minimum Gasteiger partial charge on any atom is -0.357 e. The largest absolute Gasteiger partial charge is 0.357 e. The van der Waals surface area contributed by atoms with Gasteiger partial charge in [0.15, 0.2) is 15.8 Å². The number of hydrogen-bond acceptors (Lipinski definition) is 4. The predicted octanol–water partition coefficient (Wildman–Crippen LogP) is 0.993. The van der Waals surface area contributed by atoms with Crippen molar-refractivity contribution in [3.05, 3.63) is 0 Å². The van der Waals surface area contributed by atoms with E-state index in [1.807, 2.05) is 6.92 Å². The van der Waals surface area contributed by atoms with Crippen molar-refractivity contribution in [1.29, 1.82) is 0 Å². The maximum atomic E-state index is 11.6. The van der Waals surface area contributed by atoms with Crippen LogP contribution in [0.5, 0.6) is 0 Å². The van der Waals surface area contributed by atoms with Gasteiger partial charge in [-0.15, -0.1) is 0 Å². The summed E-state index contributed by atoms with van der Waals surface area (Å²) in [4.78, 5) is 7.25. The average molecular weight is 345 g/mol. The van der Waals surface area contributed by atoms with Crippen LogP contribution in [0.15, 0.2) is 4.99 Å². The summed E-state index contributed by atoms with van der Waals surface area (Å²) in [6.07, 6.45) is 4.54. The van der Waals surface area contributed by atoms with Gasteiger partial charge in [0, 0.05) is 18.1 Å². The quantitative estimate of drug-likeness (QED) is 0.575. The van der Waals surface area contributed by atoms with Crippen molar-refractivity contribution < 1.29 is 8.42 Å². The Hall–Kier alpha value is -0.820. The van der Waals surface area contributed by atoms with E-state index in [0.717, 1.165) is 25.6 Å². The molecule has 6 nitrogen and oxygen atoms in total. The van der Waals surface area contributed by atoms with Gasteiger partial charge in [-0.3, -0.25) is 9.89 Å². The van der Waals surface area contributed by atoms with Crippen LogP contribution in [0.1, 0.15) is 46.5 Å². The molecule has 0 spiro atoms. The molecule has 134 valence electrons. The smallest absolute Gasteiger partial charge is 0.191 e. The highest BCUT2D eigenvalue weighted by Crippen LogP contribution is 2.20. The Morgan fingerprint density at radius 3 is 2.52 bits per heavy atom. The molecule has 1 unspecified atom stereocenters. The fourth-order valence-electron chi connectivity index (χ4n) is 3.29. The first kappa shape index (κ1) is 18.5. The molecule has 2 saturated heterocycles. The number of piperidine rings is 1. The van der Waals surface area contributed by atoms with E-state index in [2.05, 4.69) is 29.4 Å². The molecule has 2 aliphatic rings. The maximum Gasteiger partial charge on any atom is 0.191 e. The summed E-state index contributed by atoms with van der Waals surface area (Å²) >= 11 is 0. The van der Waals surface area contributed by atoms with Crippen LogP contribution in [0.3, 0.4) is 0 Å². The summed E-state index contributed by atoms with van der Waals surface area (Å²) in [5.41, 5.74) is 0.0323. The minimum atomic E-state index is -2.87. The lowest BCUT2D eigenvalue weighted by molar-refractivity contribution is 0.102. The summed E-state index contributed by atoms with van der Waals surface area (Å²) in [5, 5.41) is 6.53. The fourth-order valence-corrected chi connectivity index (χ4v) is 4.97. The van der Waals surface area contributed by atoms with Crippen LogP contribution < -0.4 is 10.6 Å². The van der Waals surface area contributed by atoms with Crippen LogP contribution in [0, 0.1) is 0 Å². The molecule has 1 atom stereocenters. The molecule has 0 aromatic rings. The Bertz CT molecular complexity index is 510. The van der Waals surface area contributed by atoms with Gasteiger partial charge in [-0.25, -0.2) is 8.42 Å². The van der Waals surface area contributed by atoms with Gasteiger partial charge >= 0.3 is 0 Å². The number of nitrogens with one attached hydrogen (secondary N) is 2. The van der Waals surface area contributed by atoms with Crippen molar-refractivity contribution in [3.63, 3.8) is 0 Å². The molecule has 0 aliphatic carbocycles. The van der Waals surface area contributed by atoms with E-state index in [9.17, 15) is 8.42 Å². The summed E-state index contributed by atoms with van der Waals surface area (Å²) in [6, 6.07) is -0.0177. The molecule has 2 aliphatic heterocycles. The number of guanidine groups is 1. The minimum absolute atomic E-state index is 0.0177. The SMILES string of the molecule is CCNC(=NCC(C)(C)N1CCCCC1)NC1CCS(=O)(=O)C1. The molecule has 0 radical (unpaired) electrons. The number of sulfone groups is 1. The van der Waals surface area contributed by atoms with Crippen LogP contribution in [-0.4, -0.2) is 68.5 Å². The number of likely N-dealkylation sites (tertiary alicyclic amines) is 1. The van der Waals surface area contributed by atoms with Gasteiger partial charge in [-0.05, 0) is 53.1 Å². The van der Waals surface area contributed by atoms with Gasteiger partial charge in [-0.1, -0.05) is 6.42 Å². The molecular weight excluding hydrogens is 312 g/mol. The van der Waals surface area contributed by atoms with E-state index in [4.69, 9.17) is 4.99 Å². The first-order chi connectivity index (χ1) is 10.8. The number of rotatable bonds is 5. The molecule has 2 heterocycles. The summed E-state index contributed by atoms with van der Waals surface area (Å²) in [5.74, 6) is 1.23. The lowest BCUT2D eigenvalue weighted by atomic mass is 9.99. The number of nitrogens with zero attached hydrogens (tertiary/aromatic N) is 2. The standard InChI is InChI=1S/C16H32N4O2S/c1-4-17-15(19-14-8-11-23(21,22)12-14)18-13-16(2,3)20-9-6-5-7-10-20/h14H,4-13H2,1-3H3,(H2,17,18,19). The molecular formula is C16H32N4O2S. The van der Waals surface area contributed by atoms with E-state index in [0.29, 0.717) is 13.0 Å². The molecule has 7 heteroatoms. The van der Waals surface area contributed by atoms with Crippen molar-refractivity contribution in [2.45, 2.75) is 58.0 Å². The normalized spacial score (nSPS) is 26.2. The first-order valence-electron chi connectivity index (χ1n) is 8.83. The fraction of sp³-hybridized carbons (Fsp3) is 0.938. The second kappa shape index (κ2) is 7.83. The van der Waals surface area contributed by atoms with Crippen LogP contribution in [-0.2, 0) is 9.84 Å². The van der Waals surface area contributed by atoms with Crippen molar-refractivity contribution >= 4 is 15.8 Å². The molecule has 0 bridgehead atoms. The zero-order chi connectivity index (χ0) is 16.9. The van der Waals surface area contributed by atoms with Crippen molar-refractivity contribution in [1.82, 2.24) is 15.5 Å². The highest BCUT2D eigenvalue weighted by atomic mass is 32.2. The van der Waals surface area contributed by atoms with Crippen LogP contribution >= 0.6 is 0 Å². The van der Waals surface area contributed by atoms with Gasteiger partial charge in [0.25, 0.3) is 0 Å². The molecule has 2 rings (SSSR count). The Morgan fingerprint density at radius 2 is 1.96 bits per heavy atom. The molecule has 0 aromatic carbocycles. The number of aliphatic imine (C=N–C) groups is 1. The van der Waals surface area contributed by atoms with E-state index >= 15 is 0 Å². The Labute approximate surface area is 141 Å². The van der Waals surface area contributed by atoms with Gasteiger partial charge in [0.2, 0.25) is 0 Å². The van der Waals surface area contributed by atoms with E-state index in [1.165, 1.54) is 19.3 Å². The van der Waals surface area contributed by atoms with Gasteiger partial charge in [0.05, 0.1) is 18.1 Å². The van der Waals surface area contributed by atoms with E-state index < -0.39 is 9.84 Å². The third-order valence-electron chi connectivity index (χ3n) is 4.75. The molecule has 2 N–H and O–H groups in total. The summed E-state index contributed by atoms with van der Waals surface area (Å²) in [6.45, 7) is 10.3. The van der Waals surface area contributed by atoms with Crippen LogP contribution in [0.25, 0.3) is 0 Å². The monoisotopic (exact) mass is 344 g/mol. The van der Waals surface area contributed by atoms with E-state index in [1.54, 1.807) is 0 Å². The first-order valence-corrected chi connectivity index (χ1v) is 10.6. The molecule has 0 saturated carbocycles. The van der Waals surface area contributed by atoms with Crippen LogP contribution in [0.2, 0.25) is 0 Å². The average Bonchev–Trinajstić information content (AvgIpc) is 2.85. The topological polar surface area (TPSA) is 73.8 Å². The third kappa shape index (κ3) is 5.64. The van der Waals surface area contributed by atoms with Gasteiger partial charge in [-0.2, -0.15) is 0 Å².